The van der Waals surface area contributed by atoms with Crippen molar-refractivity contribution in [3.05, 3.63) is 66.5 Å². The van der Waals surface area contributed by atoms with E-state index in [0.29, 0.717) is 41.6 Å². The van der Waals surface area contributed by atoms with Crippen molar-refractivity contribution in [2.75, 3.05) is 38.1 Å². The van der Waals surface area contributed by atoms with E-state index >= 15 is 8.78 Å². The molecule has 37 heavy (non-hydrogen) atoms. The highest BCUT2D eigenvalue weighted by Crippen LogP contribution is 2.37. The summed E-state index contributed by atoms with van der Waals surface area (Å²) in [5, 5.41) is 9.45. The number of halogens is 2. The number of aromatic nitrogens is 4. The Morgan fingerprint density at radius 1 is 1.00 bits per heavy atom. The Kier molecular flexibility index (Phi) is 5.43. The summed E-state index contributed by atoms with van der Waals surface area (Å²) in [4.78, 5) is 15.7. The minimum Gasteiger partial charge on any atom is -0.366 e. The lowest BCUT2D eigenvalue weighted by atomic mass is 10.0. The lowest BCUT2D eigenvalue weighted by molar-refractivity contribution is 0.386. The maximum atomic E-state index is 15.2. The number of nitrogens with zero attached hydrogens (tertiary/aromatic N) is 7. The summed E-state index contributed by atoms with van der Waals surface area (Å²) in [5.74, 6) is -1.15. The maximum Gasteiger partial charge on any atom is 0.268 e. The van der Waals surface area contributed by atoms with E-state index in [1.165, 1.54) is 31.0 Å². The third kappa shape index (κ3) is 3.82. The average Bonchev–Trinajstić information content (AvgIpc) is 3.56. The van der Waals surface area contributed by atoms with Crippen LogP contribution < -0.4 is 4.90 Å². The van der Waals surface area contributed by atoms with Gasteiger partial charge in [-0.25, -0.2) is 26.2 Å². The fourth-order valence-corrected chi connectivity index (χ4v) is 6.85. The lowest BCUT2D eigenvalue weighted by Gasteiger charge is -2.23. The van der Waals surface area contributed by atoms with Crippen molar-refractivity contribution in [2.24, 2.45) is 11.8 Å². The second-order valence-electron chi connectivity index (χ2n) is 9.52. The van der Waals surface area contributed by atoms with Crippen molar-refractivity contribution >= 4 is 26.6 Å². The Morgan fingerprint density at radius 2 is 1.70 bits per heavy atom. The van der Waals surface area contributed by atoms with Crippen LogP contribution in [0, 0.1) is 34.8 Å². The molecule has 2 unspecified atom stereocenters. The predicted octanol–water partition coefficient (Wildman–Crippen LogP) is 2.88. The van der Waals surface area contributed by atoms with Gasteiger partial charge >= 0.3 is 0 Å². The molecule has 12 heteroatoms. The predicted molar refractivity (Wildman–Crippen MR) is 131 cm³/mol. The van der Waals surface area contributed by atoms with E-state index < -0.39 is 26.6 Å². The van der Waals surface area contributed by atoms with Gasteiger partial charge in [0.2, 0.25) is 0 Å². The molecule has 6 rings (SSSR count). The molecule has 188 valence electrons. The van der Waals surface area contributed by atoms with Gasteiger partial charge in [-0.2, -0.15) is 5.26 Å². The molecule has 0 radical (unpaired) electrons. The fraction of sp³-hybridized carbons (Fsp3) is 0.280. The minimum absolute atomic E-state index is 0.140. The summed E-state index contributed by atoms with van der Waals surface area (Å²) in [6.07, 6.45) is 6.88. The molecule has 0 spiro atoms. The Bertz CT molecular complexity index is 1640. The summed E-state index contributed by atoms with van der Waals surface area (Å²) in [6.45, 7) is 2.82. The van der Waals surface area contributed by atoms with Crippen molar-refractivity contribution in [1.82, 2.24) is 23.8 Å². The zero-order chi connectivity index (χ0) is 25.9. The zero-order valence-electron chi connectivity index (χ0n) is 19.7. The van der Waals surface area contributed by atoms with Crippen LogP contribution in [0.5, 0.6) is 0 Å². The van der Waals surface area contributed by atoms with E-state index in [1.54, 1.807) is 11.0 Å². The number of hydrogen-bond donors (Lipinski definition) is 0. The quantitative estimate of drug-likeness (QED) is 0.404. The molecule has 2 atom stereocenters. The van der Waals surface area contributed by atoms with Crippen LogP contribution in [0.1, 0.15) is 5.69 Å². The molecule has 4 aromatic rings. The molecule has 2 fully saturated rings. The molecule has 0 bridgehead atoms. The van der Waals surface area contributed by atoms with Crippen molar-refractivity contribution in [3.8, 4) is 17.3 Å². The molecule has 2 aliphatic heterocycles. The van der Waals surface area contributed by atoms with Gasteiger partial charge in [-0.1, -0.05) is 0 Å². The fourth-order valence-electron chi connectivity index (χ4n) is 5.49. The summed E-state index contributed by atoms with van der Waals surface area (Å²) in [6, 6.07) is 5.21. The normalized spacial score (nSPS) is 19.9. The van der Waals surface area contributed by atoms with Gasteiger partial charge in [-0.15, -0.1) is 0 Å². The molecule has 2 aliphatic rings. The van der Waals surface area contributed by atoms with Crippen molar-refractivity contribution in [1.29, 1.82) is 5.26 Å². The second kappa shape index (κ2) is 8.57. The van der Waals surface area contributed by atoms with Gasteiger partial charge < -0.3 is 9.80 Å². The molecular weight excluding hydrogens is 500 g/mol. The molecule has 1 aromatic carbocycles. The van der Waals surface area contributed by atoms with Gasteiger partial charge in [0.25, 0.3) is 10.0 Å². The van der Waals surface area contributed by atoms with Gasteiger partial charge in [0.1, 0.15) is 11.8 Å². The van der Waals surface area contributed by atoms with Crippen LogP contribution in [0.15, 0.2) is 54.1 Å². The summed E-state index contributed by atoms with van der Waals surface area (Å²) in [5.41, 5.74) is 1.07. The average molecular weight is 522 g/mol. The molecule has 0 saturated carbocycles. The second-order valence-corrected chi connectivity index (χ2v) is 11.3. The Hall–Kier alpha value is -3.95. The topological polar surface area (TPSA) is 108 Å². The first-order valence-electron chi connectivity index (χ1n) is 11.6. The Labute approximate surface area is 211 Å². The van der Waals surface area contributed by atoms with E-state index in [1.807, 2.05) is 13.1 Å². The molecule has 0 N–H and O–H groups in total. The first-order chi connectivity index (χ1) is 17.8. The van der Waals surface area contributed by atoms with E-state index in [0.717, 1.165) is 29.2 Å². The number of pyridine rings is 1. The molecule has 2 saturated heterocycles. The number of hydrogen-bond acceptors (Lipinski definition) is 8. The van der Waals surface area contributed by atoms with Crippen LogP contribution >= 0.6 is 0 Å². The van der Waals surface area contributed by atoms with Gasteiger partial charge in [0.05, 0.1) is 34.7 Å². The van der Waals surface area contributed by atoms with Crippen LogP contribution in [0.4, 0.5) is 14.5 Å². The van der Waals surface area contributed by atoms with Crippen LogP contribution in [0.3, 0.4) is 0 Å². The van der Waals surface area contributed by atoms with E-state index in [-0.39, 0.29) is 16.9 Å². The van der Waals surface area contributed by atoms with Gasteiger partial charge in [-0.3, -0.25) is 9.97 Å². The number of anilines is 1. The molecule has 3 aromatic heterocycles. The van der Waals surface area contributed by atoms with Crippen molar-refractivity contribution in [3.63, 3.8) is 0 Å². The number of fused-ring (bicyclic) bond motifs is 2. The highest BCUT2D eigenvalue weighted by Gasteiger charge is 2.40. The van der Waals surface area contributed by atoms with Gasteiger partial charge in [-0.05, 0) is 37.1 Å². The smallest absolute Gasteiger partial charge is 0.268 e. The maximum absolute atomic E-state index is 15.2. The first kappa shape index (κ1) is 23.4. The molecule has 0 amide bonds. The van der Waals surface area contributed by atoms with Crippen LogP contribution in [0.25, 0.3) is 22.2 Å². The molecule has 9 nitrogen and oxygen atoms in total. The number of benzene rings is 1. The SMILES string of the molecule is CN1CC2CN(c3c(F)cc(S(=O)(=O)n4ccc5c(-c6cnc(C#N)cn6)cncc54)cc3F)CC2C1. The van der Waals surface area contributed by atoms with Crippen molar-refractivity contribution in [2.45, 2.75) is 4.90 Å². The van der Waals surface area contributed by atoms with Crippen LogP contribution in [-0.4, -0.2) is 65.5 Å². The third-order valence-electron chi connectivity index (χ3n) is 7.16. The highest BCUT2D eigenvalue weighted by atomic mass is 32.2. The van der Waals surface area contributed by atoms with E-state index in [2.05, 4.69) is 19.9 Å². The van der Waals surface area contributed by atoms with Crippen LogP contribution in [0.2, 0.25) is 0 Å². The largest absolute Gasteiger partial charge is 0.366 e. The van der Waals surface area contributed by atoms with Crippen LogP contribution in [-0.2, 0) is 10.0 Å². The summed E-state index contributed by atoms with van der Waals surface area (Å²) in [7, 11) is -2.31. The first-order valence-corrected chi connectivity index (χ1v) is 13.1. The van der Waals surface area contributed by atoms with E-state index in [4.69, 9.17) is 5.26 Å². The summed E-state index contributed by atoms with van der Waals surface area (Å²) < 4.78 is 58.4. The monoisotopic (exact) mass is 521 g/mol. The molecular formula is C25H21F2N7O2S. The van der Waals surface area contributed by atoms with Crippen molar-refractivity contribution < 1.29 is 17.2 Å². The third-order valence-corrected chi connectivity index (χ3v) is 8.82. The van der Waals surface area contributed by atoms with Gasteiger partial charge in [0, 0.05) is 49.5 Å². The van der Waals surface area contributed by atoms with Gasteiger partial charge in [0.15, 0.2) is 17.3 Å². The number of likely N-dealkylation sites (tertiary alicyclic amines) is 1. The highest BCUT2D eigenvalue weighted by molar-refractivity contribution is 7.90. The lowest BCUT2D eigenvalue weighted by Crippen LogP contribution is -2.28. The molecule has 0 aliphatic carbocycles. The summed E-state index contributed by atoms with van der Waals surface area (Å²) >= 11 is 0. The standard InChI is InChI=1S/C25H21F2N7O2S/c1-32-11-15-13-33(14-16(15)12-32)25-21(26)4-18(5-22(25)27)37(35,36)34-3-2-19-20(8-29-10-24(19)34)23-9-30-17(6-28)7-31-23/h2-5,7-10,15-16H,11-14H2,1H3. The Morgan fingerprint density at radius 3 is 2.32 bits per heavy atom. The molecule has 5 heterocycles. The van der Waals surface area contributed by atoms with E-state index in [9.17, 15) is 8.42 Å². The number of nitriles is 1. The zero-order valence-corrected chi connectivity index (χ0v) is 20.5. The Balaban J connectivity index is 1.36. The number of rotatable bonds is 4. The minimum atomic E-state index is -4.35.